The number of rotatable bonds is 8. The molecule has 10 heteroatoms. The lowest BCUT2D eigenvalue weighted by Crippen LogP contribution is -2.15. The summed E-state index contributed by atoms with van der Waals surface area (Å²) in [6.45, 7) is 5.52. The van der Waals surface area contributed by atoms with Gasteiger partial charge in [-0.1, -0.05) is 6.92 Å². The quantitative estimate of drug-likeness (QED) is 0.477. The van der Waals surface area contributed by atoms with Crippen molar-refractivity contribution in [3.63, 3.8) is 0 Å². The molecule has 0 saturated heterocycles. The van der Waals surface area contributed by atoms with E-state index in [4.69, 9.17) is 9.47 Å². The molecule has 0 radical (unpaired) electrons. The summed E-state index contributed by atoms with van der Waals surface area (Å²) in [6, 6.07) is 7.18. The number of hydrogen-bond donors (Lipinski definition) is 2. The lowest BCUT2D eigenvalue weighted by atomic mass is 10.1. The van der Waals surface area contributed by atoms with E-state index in [0.29, 0.717) is 23.2 Å². The predicted octanol–water partition coefficient (Wildman–Crippen LogP) is 4.58. The van der Waals surface area contributed by atoms with E-state index in [0.717, 1.165) is 11.3 Å². The SMILES string of the molecule is CCCOC(=O)c1c(NC(=O)c2cc(-c3ccc(F)cc3)n[nH]2)sc(C(=O)OCC)c1C. The first-order valence-corrected chi connectivity index (χ1v) is 10.8. The molecule has 0 bridgehead atoms. The van der Waals surface area contributed by atoms with Crippen LogP contribution in [-0.2, 0) is 9.47 Å². The van der Waals surface area contributed by atoms with Crippen LogP contribution in [0.1, 0.15) is 56.3 Å². The Bertz CT molecular complexity index is 1140. The van der Waals surface area contributed by atoms with Crippen LogP contribution in [0.15, 0.2) is 30.3 Å². The largest absolute Gasteiger partial charge is 0.462 e. The molecule has 1 amide bonds. The van der Waals surface area contributed by atoms with Crippen molar-refractivity contribution in [1.29, 1.82) is 0 Å². The highest BCUT2D eigenvalue weighted by Gasteiger charge is 2.28. The summed E-state index contributed by atoms with van der Waals surface area (Å²) in [7, 11) is 0. The van der Waals surface area contributed by atoms with Gasteiger partial charge in [-0.05, 0) is 56.2 Å². The molecule has 2 N–H and O–H groups in total. The molecule has 0 unspecified atom stereocenters. The fourth-order valence-electron chi connectivity index (χ4n) is 2.88. The Hall–Kier alpha value is -3.53. The number of amides is 1. The summed E-state index contributed by atoms with van der Waals surface area (Å²) >= 11 is 0.940. The van der Waals surface area contributed by atoms with Gasteiger partial charge in [-0.3, -0.25) is 9.89 Å². The molecule has 0 fully saturated rings. The van der Waals surface area contributed by atoms with Crippen molar-refractivity contribution in [1.82, 2.24) is 10.2 Å². The van der Waals surface area contributed by atoms with Gasteiger partial charge in [-0.15, -0.1) is 11.3 Å². The highest BCUT2D eigenvalue weighted by molar-refractivity contribution is 7.18. The van der Waals surface area contributed by atoms with E-state index in [1.807, 2.05) is 6.92 Å². The monoisotopic (exact) mass is 459 g/mol. The summed E-state index contributed by atoms with van der Waals surface area (Å²) in [5, 5.41) is 9.54. The molecule has 32 heavy (non-hydrogen) atoms. The Morgan fingerprint density at radius 3 is 2.50 bits per heavy atom. The molecule has 2 aromatic heterocycles. The number of hydrogen-bond acceptors (Lipinski definition) is 7. The van der Waals surface area contributed by atoms with E-state index >= 15 is 0 Å². The van der Waals surface area contributed by atoms with Crippen LogP contribution in [0.5, 0.6) is 0 Å². The molecular formula is C22H22FN3O5S. The van der Waals surface area contributed by atoms with Gasteiger partial charge >= 0.3 is 11.9 Å². The highest BCUT2D eigenvalue weighted by Crippen LogP contribution is 2.34. The van der Waals surface area contributed by atoms with Gasteiger partial charge in [0, 0.05) is 5.56 Å². The molecule has 0 atom stereocenters. The molecule has 0 spiro atoms. The molecular weight excluding hydrogens is 437 g/mol. The van der Waals surface area contributed by atoms with E-state index in [2.05, 4.69) is 15.5 Å². The maximum Gasteiger partial charge on any atom is 0.348 e. The zero-order valence-corrected chi connectivity index (χ0v) is 18.6. The van der Waals surface area contributed by atoms with Crippen LogP contribution in [0.3, 0.4) is 0 Å². The third kappa shape index (κ3) is 5.02. The van der Waals surface area contributed by atoms with E-state index in [1.165, 1.54) is 18.2 Å². The number of carbonyl (C=O) groups excluding carboxylic acids is 3. The topological polar surface area (TPSA) is 110 Å². The number of ether oxygens (including phenoxy) is 2. The van der Waals surface area contributed by atoms with Crippen LogP contribution in [0.25, 0.3) is 11.3 Å². The molecule has 1 aromatic carbocycles. The maximum atomic E-state index is 13.1. The third-order valence-corrected chi connectivity index (χ3v) is 5.63. The molecule has 2 heterocycles. The number of nitrogens with one attached hydrogen (secondary N) is 2. The van der Waals surface area contributed by atoms with Gasteiger partial charge in [-0.2, -0.15) is 5.10 Å². The standard InChI is InChI=1S/C22H22FN3O5S/c1-4-10-31-21(28)17-12(3)18(22(29)30-5-2)32-20(17)24-19(27)16-11-15(25-26-16)13-6-8-14(23)9-7-13/h6-9,11H,4-5,10H2,1-3H3,(H,24,27)(H,25,26). The Kier molecular flexibility index (Phi) is 7.37. The van der Waals surface area contributed by atoms with Crippen molar-refractivity contribution in [2.24, 2.45) is 0 Å². The van der Waals surface area contributed by atoms with Gasteiger partial charge in [0.2, 0.25) is 0 Å². The fourth-order valence-corrected chi connectivity index (χ4v) is 3.97. The summed E-state index contributed by atoms with van der Waals surface area (Å²) in [5.41, 5.74) is 1.69. The number of thiophene rings is 1. The first-order valence-electron chi connectivity index (χ1n) is 9.96. The molecule has 0 saturated carbocycles. The number of nitrogens with zero attached hydrogens (tertiary/aromatic N) is 1. The second kappa shape index (κ2) is 10.2. The van der Waals surface area contributed by atoms with E-state index < -0.39 is 17.8 Å². The van der Waals surface area contributed by atoms with Crippen LogP contribution in [0.4, 0.5) is 9.39 Å². The number of halogens is 1. The van der Waals surface area contributed by atoms with E-state index in [1.54, 1.807) is 26.0 Å². The average Bonchev–Trinajstić information content (AvgIpc) is 3.38. The number of H-pyrrole nitrogens is 1. The van der Waals surface area contributed by atoms with Gasteiger partial charge in [0.25, 0.3) is 5.91 Å². The number of esters is 2. The summed E-state index contributed by atoms with van der Waals surface area (Å²) in [6.07, 6.45) is 0.627. The molecule has 8 nitrogen and oxygen atoms in total. The lowest BCUT2D eigenvalue weighted by molar-refractivity contribution is 0.0506. The van der Waals surface area contributed by atoms with Crippen molar-refractivity contribution >= 4 is 34.2 Å². The molecule has 3 aromatic rings. The van der Waals surface area contributed by atoms with Gasteiger partial charge in [0.1, 0.15) is 21.4 Å². The number of benzene rings is 1. The first kappa shape index (κ1) is 23.1. The molecule has 3 rings (SSSR count). The zero-order valence-electron chi connectivity index (χ0n) is 17.8. The van der Waals surface area contributed by atoms with Crippen molar-refractivity contribution in [3.8, 4) is 11.3 Å². The zero-order chi connectivity index (χ0) is 23.3. The Balaban J connectivity index is 1.89. The van der Waals surface area contributed by atoms with Crippen LogP contribution in [0, 0.1) is 12.7 Å². The lowest BCUT2D eigenvalue weighted by Gasteiger charge is -2.07. The number of carbonyl (C=O) groups is 3. The van der Waals surface area contributed by atoms with Gasteiger partial charge in [-0.25, -0.2) is 14.0 Å². The third-order valence-electron chi connectivity index (χ3n) is 4.44. The maximum absolute atomic E-state index is 13.1. The normalized spacial score (nSPS) is 10.6. The van der Waals surface area contributed by atoms with Crippen LogP contribution in [0.2, 0.25) is 0 Å². The fraction of sp³-hybridized carbons (Fsp3) is 0.273. The van der Waals surface area contributed by atoms with Crippen LogP contribution >= 0.6 is 11.3 Å². The van der Waals surface area contributed by atoms with Gasteiger partial charge in [0.15, 0.2) is 0 Å². The molecule has 0 aliphatic heterocycles. The second-order valence-electron chi connectivity index (χ2n) is 6.74. The molecule has 0 aliphatic rings. The van der Waals surface area contributed by atoms with Crippen molar-refractivity contribution in [2.45, 2.75) is 27.2 Å². The smallest absolute Gasteiger partial charge is 0.348 e. The minimum atomic E-state index is -0.636. The van der Waals surface area contributed by atoms with E-state index in [-0.39, 0.29) is 40.2 Å². The number of anilines is 1. The highest BCUT2D eigenvalue weighted by atomic mass is 32.1. The Labute approximate surface area is 187 Å². The second-order valence-corrected chi connectivity index (χ2v) is 7.77. The molecule has 0 aliphatic carbocycles. The van der Waals surface area contributed by atoms with Gasteiger partial charge in [0.05, 0.1) is 24.5 Å². The Morgan fingerprint density at radius 1 is 1.12 bits per heavy atom. The van der Waals surface area contributed by atoms with E-state index in [9.17, 15) is 18.8 Å². The van der Waals surface area contributed by atoms with Crippen molar-refractivity contribution in [3.05, 3.63) is 57.8 Å². The van der Waals surface area contributed by atoms with Crippen LogP contribution < -0.4 is 5.32 Å². The van der Waals surface area contributed by atoms with Crippen molar-refractivity contribution in [2.75, 3.05) is 18.5 Å². The minimum Gasteiger partial charge on any atom is -0.462 e. The van der Waals surface area contributed by atoms with Gasteiger partial charge < -0.3 is 14.8 Å². The average molecular weight is 459 g/mol. The molecule has 168 valence electrons. The number of aromatic amines is 1. The minimum absolute atomic E-state index is 0.109. The summed E-state index contributed by atoms with van der Waals surface area (Å²) < 4.78 is 23.4. The van der Waals surface area contributed by atoms with Crippen molar-refractivity contribution < 1.29 is 28.2 Å². The summed E-state index contributed by atoms with van der Waals surface area (Å²) in [5.74, 6) is -2.16. The first-order chi connectivity index (χ1) is 15.3. The Morgan fingerprint density at radius 2 is 1.84 bits per heavy atom. The number of aromatic nitrogens is 2. The predicted molar refractivity (Wildman–Crippen MR) is 118 cm³/mol. The summed E-state index contributed by atoms with van der Waals surface area (Å²) in [4.78, 5) is 37.9. The van der Waals surface area contributed by atoms with Crippen LogP contribution in [-0.4, -0.2) is 41.3 Å².